The molecule has 0 heterocycles. The van der Waals surface area contributed by atoms with Crippen LogP contribution in [0, 0.1) is 11.3 Å². The Bertz CT molecular complexity index is 716. The summed E-state index contributed by atoms with van der Waals surface area (Å²) < 4.78 is 0. The monoisotopic (exact) mass is 317 g/mol. The highest BCUT2D eigenvalue weighted by molar-refractivity contribution is 6.51. The Morgan fingerprint density at radius 1 is 1.00 bits per heavy atom. The lowest BCUT2D eigenvalue weighted by Crippen LogP contribution is -2.14. The molecule has 4 nitrogen and oxygen atoms in total. The van der Waals surface area contributed by atoms with Crippen molar-refractivity contribution in [3.05, 3.63) is 64.1 Å². The Labute approximate surface area is 131 Å². The van der Waals surface area contributed by atoms with Gasteiger partial charge in [0.2, 0.25) is 11.5 Å². The van der Waals surface area contributed by atoms with Crippen LogP contribution in [-0.4, -0.2) is 11.5 Å². The van der Waals surface area contributed by atoms with E-state index in [4.69, 9.17) is 28.5 Å². The van der Waals surface area contributed by atoms with E-state index >= 15 is 0 Å². The van der Waals surface area contributed by atoms with Crippen LogP contribution in [0.3, 0.4) is 0 Å². The van der Waals surface area contributed by atoms with Crippen LogP contribution in [-0.2, 0) is 0 Å². The topological polar surface area (TPSA) is 65.2 Å². The second-order valence-electron chi connectivity index (χ2n) is 4.03. The summed E-state index contributed by atoms with van der Waals surface area (Å²) in [5.41, 5.74) is 3.37. The fraction of sp³-hybridized carbons (Fsp3) is 0. The second-order valence-corrected chi connectivity index (χ2v) is 4.90. The number of anilines is 1. The first kappa shape index (κ1) is 15.0. The first-order chi connectivity index (χ1) is 10.1. The summed E-state index contributed by atoms with van der Waals surface area (Å²) in [5.74, 6) is -0.476. The van der Waals surface area contributed by atoms with E-state index < -0.39 is 5.78 Å². The fourth-order valence-corrected chi connectivity index (χ4v) is 1.76. The van der Waals surface area contributed by atoms with Gasteiger partial charge in [0.1, 0.15) is 6.07 Å². The summed E-state index contributed by atoms with van der Waals surface area (Å²) >= 11 is 11.5. The van der Waals surface area contributed by atoms with Gasteiger partial charge in [-0.3, -0.25) is 10.2 Å². The van der Waals surface area contributed by atoms with Gasteiger partial charge in [-0.1, -0.05) is 23.2 Å². The third-order valence-electron chi connectivity index (χ3n) is 2.57. The first-order valence-corrected chi connectivity index (χ1v) is 6.65. The molecule has 0 aliphatic carbocycles. The van der Waals surface area contributed by atoms with Gasteiger partial charge in [-0.05, 0) is 48.5 Å². The molecule has 0 spiro atoms. The SMILES string of the molecule is N#C/C(=N/Nc1ccc(Cl)cc1)C(=O)c1ccc(Cl)cc1. The number of benzene rings is 2. The van der Waals surface area contributed by atoms with E-state index in [-0.39, 0.29) is 5.71 Å². The number of Topliss-reactive ketones (excluding diaryl/α,β-unsaturated/α-hetero) is 1. The molecule has 0 aliphatic heterocycles. The van der Waals surface area contributed by atoms with Gasteiger partial charge in [0, 0.05) is 15.6 Å². The van der Waals surface area contributed by atoms with Crippen molar-refractivity contribution in [3.8, 4) is 6.07 Å². The molecule has 0 saturated carbocycles. The molecule has 0 bridgehead atoms. The van der Waals surface area contributed by atoms with Crippen LogP contribution >= 0.6 is 23.2 Å². The Morgan fingerprint density at radius 2 is 1.52 bits per heavy atom. The fourth-order valence-electron chi connectivity index (χ4n) is 1.51. The molecule has 2 aromatic carbocycles. The van der Waals surface area contributed by atoms with Crippen molar-refractivity contribution in [1.29, 1.82) is 5.26 Å². The normalized spacial score (nSPS) is 10.8. The third-order valence-corrected chi connectivity index (χ3v) is 3.07. The van der Waals surface area contributed by atoms with E-state index in [1.54, 1.807) is 54.6 Å². The molecule has 0 radical (unpaired) electrons. The smallest absolute Gasteiger partial charge is 0.223 e. The predicted octanol–water partition coefficient (Wildman–Crippen LogP) is 4.17. The van der Waals surface area contributed by atoms with Gasteiger partial charge in [-0.25, -0.2) is 0 Å². The lowest BCUT2D eigenvalue weighted by Gasteiger charge is -2.02. The standard InChI is InChI=1S/C15H9Cl2N3O/c16-11-3-1-10(2-4-11)15(21)14(9-18)20-19-13-7-5-12(17)6-8-13/h1-8,19H/b20-14-. The van der Waals surface area contributed by atoms with Crippen molar-refractivity contribution in [2.75, 3.05) is 5.43 Å². The Hall–Kier alpha value is -2.35. The highest BCUT2D eigenvalue weighted by atomic mass is 35.5. The number of hydrogen-bond donors (Lipinski definition) is 1. The molecule has 0 saturated heterocycles. The van der Waals surface area contributed by atoms with E-state index in [2.05, 4.69) is 10.5 Å². The van der Waals surface area contributed by atoms with E-state index in [1.807, 2.05) is 0 Å². The number of nitrogens with one attached hydrogen (secondary N) is 1. The minimum absolute atomic E-state index is 0.243. The largest absolute Gasteiger partial charge is 0.286 e. The van der Waals surface area contributed by atoms with Gasteiger partial charge in [-0.2, -0.15) is 10.4 Å². The number of carbonyl (C=O) groups excluding carboxylic acids is 1. The van der Waals surface area contributed by atoms with E-state index in [9.17, 15) is 4.79 Å². The van der Waals surface area contributed by atoms with Crippen LogP contribution in [0.5, 0.6) is 0 Å². The van der Waals surface area contributed by atoms with Crippen LogP contribution in [0.1, 0.15) is 10.4 Å². The number of rotatable bonds is 4. The van der Waals surface area contributed by atoms with Crippen molar-refractivity contribution in [2.45, 2.75) is 0 Å². The van der Waals surface area contributed by atoms with Crippen molar-refractivity contribution in [3.63, 3.8) is 0 Å². The molecule has 0 aliphatic rings. The molecule has 0 unspecified atom stereocenters. The number of ketones is 1. The number of hydrogen-bond acceptors (Lipinski definition) is 4. The van der Waals surface area contributed by atoms with Gasteiger partial charge in [0.25, 0.3) is 0 Å². The third kappa shape index (κ3) is 4.06. The van der Waals surface area contributed by atoms with E-state index in [1.165, 1.54) is 0 Å². The number of carbonyl (C=O) groups is 1. The molecular formula is C15H9Cl2N3O. The zero-order valence-corrected chi connectivity index (χ0v) is 12.2. The molecule has 2 rings (SSSR count). The first-order valence-electron chi connectivity index (χ1n) is 5.90. The van der Waals surface area contributed by atoms with Crippen molar-refractivity contribution in [1.82, 2.24) is 0 Å². The average molecular weight is 318 g/mol. The number of nitriles is 1. The molecule has 0 aromatic heterocycles. The van der Waals surface area contributed by atoms with Crippen LogP contribution in [0.25, 0.3) is 0 Å². The highest BCUT2D eigenvalue weighted by Gasteiger charge is 2.13. The van der Waals surface area contributed by atoms with Gasteiger partial charge >= 0.3 is 0 Å². The van der Waals surface area contributed by atoms with Crippen LogP contribution in [0.15, 0.2) is 53.6 Å². The molecule has 1 N–H and O–H groups in total. The van der Waals surface area contributed by atoms with E-state index in [0.717, 1.165) is 0 Å². The number of halogens is 2. The molecule has 0 amide bonds. The summed E-state index contributed by atoms with van der Waals surface area (Å²) in [6.07, 6.45) is 0. The molecule has 2 aromatic rings. The zero-order chi connectivity index (χ0) is 15.2. The van der Waals surface area contributed by atoms with E-state index in [0.29, 0.717) is 21.3 Å². The Morgan fingerprint density at radius 3 is 2.05 bits per heavy atom. The lowest BCUT2D eigenvalue weighted by molar-refractivity contribution is 0.106. The number of nitrogens with zero attached hydrogens (tertiary/aromatic N) is 2. The highest BCUT2D eigenvalue weighted by Crippen LogP contribution is 2.14. The van der Waals surface area contributed by atoms with Crippen molar-refractivity contribution in [2.24, 2.45) is 5.10 Å². The second kappa shape index (κ2) is 6.89. The quantitative estimate of drug-likeness (QED) is 0.523. The maximum absolute atomic E-state index is 12.1. The molecule has 21 heavy (non-hydrogen) atoms. The van der Waals surface area contributed by atoms with Crippen molar-refractivity contribution < 1.29 is 4.79 Å². The van der Waals surface area contributed by atoms with Crippen LogP contribution in [0.2, 0.25) is 10.0 Å². The van der Waals surface area contributed by atoms with Gasteiger partial charge in [0.05, 0.1) is 5.69 Å². The predicted molar refractivity (Wildman–Crippen MR) is 83.9 cm³/mol. The summed E-state index contributed by atoms with van der Waals surface area (Å²) in [7, 11) is 0. The van der Waals surface area contributed by atoms with Gasteiger partial charge < -0.3 is 0 Å². The van der Waals surface area contributed by atoms with Crippen LogP contribution < -0.4 is 5.43 Å². The van der Waals surface area contributed by atoms with Gasteiger partial charge in [-0.15, -0.1) is 0 Å². The molecule has 6 heteroatoms. The molecule has 0 atom stereocenters. The molecular weight excluding hydrogens is 309 g/mol. The average Bonchev–Trinajstić information content (AvgIpc) is 2.50. The zero-order valence-electron chi connectivity index (χ0n) is 10.7. The summed E-state index contributed by atoms with van der Waals surface area (Å²) in [6.45, 7) is 0. The minimum Gasteiger partial charge on any atom is -0.286 e. The lowest BCUT2D eigenvalue weighted by atomic mass is 10.1. The summed E-state index contributed by atoms with van der Waals surface area (Å²) in [5, 5.41) is 14.0. The van der Waals surface area contributed by atoms with Crippen molar-refractivity contribution >= 4 is 40.4 Å². The Kier molecular flexibility index (Phi) is 4.94. The van der Waals surface area contributed by atoms with Crippen LogP contribution in [0.4, 0.5) is 5.69 Å². The van der Waals surface area contributed by atoms with Gasteiger partial charge in [0.15, 0.2) is 0 Å². The minimum atomic E-state index is -0.476. The summed E-state index contributed by atoms with van der Waals surface area (Å²) in [4.78, 5) is 12.1. The maximum Gasteiger partial charge on any atom is 0.223 e. The number of hydrazone groups is 1. The molecule has 0 fully saturated rings. The summed E-state index contributed by atoms with van der Waals surface area (Å²) in [6, 6.07) is 14.7. The Balaban J connectivity index is 2.17. The maximum atomic E-state index is 12.1. The molecule has 104 valence electrons.